The summed E-state index contributed by atoms with van der Waals surface area (Å²) < 4.78 is 16.9. The highest BCUT2D eigenvalue weighted by Gasteiger charge is 2.21. The van der Waals surface area contributed by atoms with Gasteiger partial charge in [0.05, 0.1) is 13.2 Å². The Morgan fingerprint density at radius 2 is 1.65 bits per heavy atom. The van der Waals surface area contributed by atoms with E-state index < -0.39 is 11.7 Å². The molecule has 3 rings (SSSR count). The highest BCUT2D eigenvalue weighted by atomic mass is 35.5. The van der Waals surface area contributed by atoms with Crippen molar-refractivity contribution >= 4 is 23.7 Å². The molecule has 9 heteroatoms. The molecule has 3 amide bonds. The van der Waals surface area contributed by atoms with E-state index in [4.69, 9.17) is 25.8 Å². The second kappa shape index (κ2) is 14.5. The number of hydrogen-bond donors (Lipinski definition) is 2. The topological polar surface area (TPSA) is 89.1 Å². The zero-order chi connectivity index (χ0) is 29.1. The lowest BCUT2D eigenvalue weighted by Gasteiger charge is -2.27. The van der Waals surface area contributed by atoms with Gasteiger partial charge in [0.25, 0.3) is 0 Å². The molecule has 40 heavy (non-hydrogen) atoms. The number of carbonyl (C=O) groups excluding carboxylic acids is 2. The number of halogens is 1. The minimum atomic E-state index is -0.619. The molecule has 8 nitrogen and oxygen atoms in total. The van der Waals surface area contributed by atoms with Crippen molar-refractivity contribution in [3.05, 3.63) is 94.5 Å². The van der Waals surface area contributed by atoms with E-state index in [1.807, 2.05) is 73.7 Å². The van der Waals surface area contributed by atoms with Gasteiger partial charge in [-0.3, -0.25) is 0 Å². The molecule has 214 valence electrons. The van der Waals surface area contributed by atoms with Crippen LogP contribution in [0, 0.1) is 0 Å². The van der Waals surface area contributed by atoms with Gasteiger partial charge in [-0.1, -0.05) is 66.2 Å². The number of methoxy groups -OCH3 is 1. The maximum absolute atomic E-state index is 13.4. The summed E-state index contributed by atoms with van der Waals surface area (Å²) in [4.78, 5) is 27.2. The zero-order valence-electron chi connectivity index (χ0n) is 23.7. The fourth-order valence-electron chi connectivity index (χ4n) is 3.93. The van der Waals surface area contributed by atoms with E-state index in [2.05, 4.69) is 10.6 Å². The smallest absolute Gasteiger partial charge is 0.407 e. The van der Waals surface area contributed by atoms with Gasteiger partial charge in [-0.2, -0.15) is 0 Å². The van der Waals surface area contributed by atoms with E-state index in [0.29, 0.717) is 23.1 Å². The molecular formula is C31H38ClN3O5. The molecule has 0 spiro atoms. The number of amides is 3. The number of carbonyl (C=O) groups is 2. The van der Waals surface area contributed by atoms with Crippen molar-refractivity contribution in [3.8, 4) is 11.5 Å². The van der Waals surface area contributed by atoms with E-state index in [1.165, 1.54) is 0 Å². The molecule has 3 aromatic carbocycles. The van der Waals surface area contributed by atoms with Gasteiger partial charge in [0.15, 0.2) is 11.5 Å². The van der Waals surface area contributed by atoms with Crippen molar-refractivity contribution in [1.29, 1.82) is 0 Å². The van der Waals surface area contributed by atoms with Crippen molar-refractivity contribution < 1.29 is 23.8 Å². The van der Waals surface area contributed by atoms with Gasteiger partial charge < -0.3 is 29.7 Å². The third-order valence-corrected chi connectivity index (χ3v) is 6.23. The summed E-state index contributed by atoms with van der Waals surface area (Å²) >= 11 is 6.34. The first-order valence-electron chi connectivity index (χ1n) is 13.2. The molecule has 0 radical (unpaired) electrons. The Kier molecular flexibility index (Phi) is 11.1. The largest absolute Gasteiger partial charge is 0.493 e. The summed E-state index contributed by atoms with van der Waals surface area (Å²) in [6.45, 7) is 8.38. The van der Waals surface area contributed by atoms with Crippen LogP contribution >= 0.6 is 11.6 Å². The number of urea groups is 1. The van der Waals surface area contributed by atoms with Crippen LogP contribution in [0.2, 0.25) is 5.02 Å². The Balaban J connectivity index is 1.72. The average Bonchev–Trinajstić information content (AvgIpc) is 2.91. The van der Waals surface area contributed by atoms with E-state index in [-0.39, 0.29) is 31.7 Å². The predicted octanol–water partition coefficient (Wildman–Crippen LogP) is 6.73. The number of alkyl carbamates (subject to hydrolysis) is 1. The van der Waals surface area contributed by atoms with Crippen LogP contribution in [0.3, 0.4) is 0 Å². The van der Waals surface area contributed by atoms with E-state index in [9.17, 15) is 9.59 Å². The Bertz CT molecular complexity index is 1260. The van der Waals surface area contributed by atoms with Gasteiger partial charge in [0.2, 0.25) is 0 Å². The average molecular weight is 568 g/mol. The first-order chi connectivity index (χ1) is 19.1. The molecule has 1 atom stereocenters. The van der Waals surface area contributed by atoms with Crippen molar-refractivity contribution in [3.63, 3.8) is 0 Å². The summed E-state index contributed by atoms with van der Waals surface area (Å²) in [5, 5.41) is 6.31. The second-order valence-electron chi connectivity index (χ2n) is 10.3. The number of nitrogens with zero attached hydrogens (tertiary/aromatic N) is 1. The predicted molar refractivity (Wildman–Crippen MR) is 157 cm³/mol. The quantitative estimate of drug-likeness (QED) is 0.268. The van der Waals surface area contributed by atoms with Crippen molar-refractivity contribution in [1.82, 2.24) is 15.5 Å². The standard InChI is InChI=1S/C31H38ClN3O5/c1-22(25-13-9-10-14-26(25)32)34-29(36)35(18-17-33-30(37)40-31(2,3)4)20-24-15-16-27(28(19-24)38-5)39-21-23-11-7-6-8-12-23/h6-16,19,22H,17-18,20-21H2,1-5H3,(H,33,37)(H,34,36). The summed E-state index contributed by atoms with van der Waals surface area (Å²) in [5.41, 5.74) is 2.07. The normalized spacial score (nSPS) is 11.8. The maximum Gasteiger partial charge on any atom is 0.407 e. The van der Waals surface area contributed by atoms with Crippen LogP contribution in [0.5, 0.6) is 11.5 Å². The van der Waals surface area contributed by atoms with Crippen molar-refractivity contribution in [2.75, 3.05) is 20.2 Å². The number of hydrogen-bond acceptors (Lipinski definition) is 5. The molecule has 0 aliphatic heterocycles. The Morgan fingerprint density at radius 3 is 2.33 bits per heavy atom. The highest BCUT2D eigenvalue weighted by Crippen LogP contribution is 2.29. The molecular weight excluding hydrogens is 530 g/mol. The summed E-state index contributed by atoms with van der Waals surface area (Å²) in [6.07, 6.45) is -0.543. The third kappa shape index (κ3) is 9.68. The van der Waals surface area contributed by atoms with Crippen molar-refractivity contribution in [2.45, 2.75) is 52.5 Å². The zero-order valence-corrected chi connectivity index (χ0v) is 24.5. The summed E-state index contributed by atoms with van der Waals surface area (Å²) in [6, 6.07) is 22.2. The lowest BCUT2D eigenvalue weighted by Crippen LogP contribution is -2.44. The fourth-order valence-corrected chi connectivity index (χ4v) is 4.22. The molecule has 2 N–H and O–H groups in total. The maximum atomic E-state index is 13.4. The van der Waals surface area contributed by atoms with Crippen LogP contribution < -0.4 is 20.1 Å². The molecule has 0 saturated carbocycles. The Labute approximate surface area is 241 Å². The molecule has 3 aromatic rings. The van der Waals surface area contributed by atoms with E-state index in [0.717, 1.165) is 16.7 Å². The number of ether oxygens (including phenoxy) is 3. The molecule has 0 aliphatic rings. The molecule has 0 aliphatic carbocycles. The van der Waals surface area contributed by atoms with Gasteiger partial charge in [-0.15, -0.1) is 0 Å². The van der Waals surface area contributed by atoms with Crippen molar-refractivity contribution in [2.24, 2.45) is 0 Å². The first kappa shape index (κ1) is 30.6. The lowest BCUT2D eigenvalue weighted by molar-refractivity contribution is 0.0523. The first-order valence-corrected chi connectivity index (χ1v) is 13.5. The number of nitrogens with one attached hydrogen (secondary N) is 2. The Morgan fingerprint density at radius 1 is 0.950 bits per heavy atom. The summed E-state index contributed by atoms with van der Waals surface area (Å²) in [5.74, 6) is 1.16. The number of benzene rings is 3. The second-order valence-corrected chi connectivity index (χ2v) is 10.7. The minimum Gasteiger partial charge on any atom is -0.493 e. The summed E-state index contributed by atoms with van der Waals surface area (Å²) in [7, 11) is 1.58. The SMILES string of the molecule is COc1cc(CN(CCNC(=O)OC(C)(C)C)C(=O)NC(C)c2ccccc2Cl)ccc1OCc1ccccc1. The highest BCUT2D eigenvalue weighted by molar-refractivity contribution is 6.31. The van der Waals surface area contributed by atoms with E-state index in [1.54, 1.807) is 38.8 Å². The molecule has 0 saturated heterocycles. The Hall–Kier alpha value is -3.91. The lowest BCUT2D eigenvalue weighted by atomic mass is 10.1. The van der Waals surface area contributed by atoms with Gasteiger partial charge in [0, 0.05) is 24.7 Å². The third-order valence-electron chi connectivity index (χ3n) is 5.89. The molecule has 0 fully saturated rings. The number of rotatable bonds is 11. The van der Waals surface area contributed by atoms with Crippen LogP contribution in [-0.4, -0.2) is 42.8 Å². The van der Waals surface area contributed by atoms with Crippen LogP contribution in [-0.2, 0) is 17.9 Å². The van der Waals surface area contributed by atoms with E-state index >= 15 is 0 Å². The van der Waals surface area contributed by atoms with Crippen LogP contribution in [0.4, 0.5) is 9.59 Å². The monoisotopic (exact) mass is 567 g/mol. The molecule has 0 bridgehead atoms. The van der Waals surface area contributed by atoms with Gasteiger partial charge in [-0.25, -0.2) is 9.59 Å². The van der Waals surface area contributed by atoms with Gasteiger partial charge in [-0.05, 0) is 62.6 Å². The minimum absolute atomic E-state index is 0.207. The van der Waals surface area contributed by atoms with Crippen LogP contribution in [0.25, 0.3) is 0 Å². The van der Waals surface area contributed by atoms with Gasteiger partial charge in [0.1, 0.15) is 12.2 Å². The van der Waals surface area contributed by atoms with Gasteiger partial charge >= 0.3 is 12.1 Å². The fraction of sp³-hybridized carbons (Fsp3) is 0.355. The molecule has 0 heterocycles. The molecule has 1 unspecified atom stereocenters. The van der Waals surface area contributed by atoms with Crippen LogP contribution in [0.1, 0.15) is 50.4 Å². The van der Waals surface area contributed by atoms with Crippen LogP contribution in [0.15, 0.2) is 72.8 Å². The molecule has 0 aromatic heterocycles.